The van der Waals surface area contributed by atoms with Gasteiger partial charge in [0.25, 0.3) is 5.69 Å². The Bertz CT molecular complexity index is 867. The molecule has 0 fully saturated rings. The molecule has 3 aromatic rings. The maximum atomic E-state index is 11.1. The maximum Gasteiger partial charge on any atom is 0.275 e. The predicted octanol–water partition coefficient (Wildman–Crippen LogP) is 4.07. The highest BCUT2D eigenvalue weighted by atomic mass is 16.6. The van der Waals surface area contributed by atoms with Crippen molar-refractivity contribution in [2.75, 3.05) is 7.11 Å². The van der Waals surface area contributed by atoms with E-state index in [1.807, 2.05) is 48.9 Å². The molecule has 0 bridgehead atoms. The average molecular weight is 296 g/mol. The van der Waals surface area contributed by atoms with Crippen LogP contribution in [-0.2, 0) is 7.05 Å². The third-order valence-electron chi connectivity index (χ3n) is 3.97. The first-order valence-corrected chi connectivity index (χ1v) is 6.91. The van der Waals surface area contributed by atoms with Gasteiger partial charge < -0.3 is 9.30 Å². The van der Waals surface area contributed by atoms with Gasteiger partial charge in [-0.15, -0.1) is 0 Å². The molecular formula is C17H16N2O3. The van der Waals surface area contributed by atoms with Crippen LogP contribution in [0, 0.1) is 17.0 Å². The summed E-state index contributed by atoms with van der Waals surface area (Å²) >= 11 is 0. The van der Waals surface area contributed by atoms with Crippen LogP contribution in [0.3, 0.4) is 0 Å². The lowest BCUT2D eigenvalue weighted by Crippen LogP contribution is -1.94. The molecule has 0 aliphatic rings. The second kappa shape index (κ2) is 5.18. The highest BCUT2D eigenvalue weighted by Crippen LogP contribution is 2.39. The minimum atomic E-state index is -0.396. The molecule has 0 spiro atoms. The van der Waals surface area contributed by atoms with Gasteiger partial charge in [-0.05, 0) is 18.1 Å². The number of non-ortho nitro benzene ring substituents is 1. The minimum absolute atomic E-state index is 0.0320. The number of nitro benzene ring substituents is 1. The summed E-state index contributed by atoms with van der Waals surface area (Å²) in [7, 11) is 3.45. The minimum Gasteiger partial charge on any atom is -0.496 e. The number of aromatic nitrogens is 1. The molecule has 3 rings (SSSR count). The van der Waals surface area contributed by atoms with Crippen LogP contribution in [0.25, 0.3) is 22.2 Å². The van der Waals surface area contributed by atoms with Crippen LogP contribution in [0.1, 0.15) is 5.56 Å². The Balaban J connectivity index is 2.40. The van der Waals surface area contributed by atoms with E-state index in [9.17, 15) is 10.1 Å². The molecule has 0 unspecified atom stereocenters. The second-order valence-corrected chi connectivity index (χ2v) is 5.20. The highest BCUT2D eigenvalue weighted by molar-refractivity contribution is 5.97. The van der Waals surface area contributed by atoms with Gasteiger partial charge in [0.1, 0.15) is 5.75 Å². The third kappa shape index (κ3) is 2.02. The van der Waals surface area contributed by atoms with E-state index in [4.69, 9.17) is 4.74 Å². The summed E-state index contributed by atoms with van der Waals surface area (Å²) in [6.45, 7) is 2.01. The Kier molecular flexibility index (Phi) is 3.33. The first-order chi connectivity index (χ1) is 10.5. The fraction of sp³-hybridized carbons (Fsp3) is 0.176. The van der Waals surface area contributed by atoms with Gasteiger partial charge in [-0.1, -0.05) is 30.3 Å². The number of benzene rings is 2. The smallest absolute Gasteiger partial charge is 0.275 e. The van der Waals surface area contributed by atoms with E-state index in [1.165, 1.54) is 13.2 Å². The number of nitrogens with zero attached hydrogens (tertiary/aromatic N) is 2. The second-order valence-electron chi connectivity index (χ2n) is 5.20. The first-order valence-electron chi connectivity index (χ1n) is 6.91. The molecule has 0 saturated heterocycles. The van der Waals surface area contributed by atoms with E-state index >= 15 is 0 Å². The molecule has 0 radical (unpaired) electrons. The molecule has 0 aliphatic carbocycles. The van der Waals surface area contributed by atoms with Gasteiger partial charge in [0.05, 0.1) is 29.3 Å². The van der Waals surface area contributed by atoms with Gasteiger partial charge in [0.2, 0.25) is 0 Å². The lowest BCUT2D eigenvalue weighted by molar-refractivity contribution is -0.384. The van der Waals surface area contributed by atoms with Crippen LogP contribution < -0.4 is 4.74 Å². The van der Waals surface area contributed by atoms with E-state index in [0.29, 0.717) is 5.75 Å². The molecule has 1 heterocycles. The van der Waals surface area contributed by atoms with Crippen LogP contribution in [-0.4, -0.2) is 16.6 Å². The molecule has 22 heavy (non-hydrogen) atoms. The van der Waals surface area contributed by atoms with Crippen molar-refractivity contribution >= 4 is 16.6 Å². The normalized spacial score (nSPS) is 10.9. The topological polar surface area (TPSA) is 57.3 Å². The lowest BCUT2D eigenvalue weighted by atomic mass is 10.1. The summed E-state index contributed by atoms with van der Waals surface area (Å²) in [5.74, 6) is 0.527. The molecular weight excluding hydrogens is 280 g/mol. The Hall–Kier alpha value is -2.82. The van der Waals surface area contributed by atoms with Crippen molar-refractivity contribution in [2.45, 2.75) is 6.92 Å². The zero-order valence-corrected chi connectivity index (χ0v) is 12.7. The fourth-order valence-corrected chi connectivity index (χ4v) is 2.99. The number of rotatable bonds is 3. The van der Waals surface area contributed by atoms with E-state index in [2.05, 4.69) is 0 Å². The summed E-state index contributed by atoms with van der Waals surface area (Å²) in [5.41, 5.74) is 3.99. The van der Waals surface area contributed by atoms with Gasteiger partial charge in [-0.2, -0.15) is 0 Å². The van der Waals surface area contributed by atoms with Crippen molar-refractivity contribution in [3.05, 3.63) is 58.1 Å². The molecule has 5 nitrogen and oxygen atoms in total. The van der Waals surface area contributed by atoms with Gasteiger partial charge in [0.15, 0.2) is 0 Å². The molecule has 0 saturated carbocycles. The lowest BCUT2D eigenvalue weighted by Gasteiger charge is -2.05. The molecule has 0 N–H and O–H groups in total. The number of hydrogen-bond acceptors (Lipinski definition) is 3. The van der Waals surface area contributed by atoms with Crippen molar-refractivity contribution < 1.29 is 9.66 Å². The zero-order chi connectivity index (χ0) is 15.9. The summed E-state index contributed by atoms with van der Waals surface area (Å²) < 4.78 is 7.37. The molecule has 0 aliphatic heterocycles. The number of ether oxygens (including phenoxy) is 1. The van der Waals surface area contributed by atoms with Crippen molar-refractivity contribution in [1.82, 2.24) is 4.57 Å². The largest absolute Gasteiger partial charge is 0.496 e. The van der Waals surface area contributed by atoms with Crippen molar-refractivity contribution in [3.8, 4) is 17.0 Å². The maximum absolute atomic E-state index is 11.1. The number of aryl methyl sites for hydroxylation is 2. The SMILES string of the molecule is COc1cc([N+](=O)[O-])cc2c1c(C)c(-c1ccccc1)n2C. The predicted molar refractivity (Wildman–Crippen MR) is 86.3 cm³/mol. The number of methoxy groups -OCH3 is 1. The highest BCUT2D eigenvalue weighted by Gasteiger charge is 2.20. The van der Waals surface area contributed by atoms with E-state index < -0.39 is 4.92 Å². The quantitative estimate of drug-likeness (QED) is 0.540. The molecule has 0 atom stereocenters. The zero-order valence-electron chi connectivity index (χ0n) is 12.7. The van der Waals surface area contributed by atoms with Crippen LogP contribution in [0.2, 0.25) is 0 Å². The van der Waals surface area contributed by atoms with E-state index in [-0.39, 0.29) is 5.69 Å². The standard InChI is InChI=1S/C17H16N2O3/c1-11-16-14(9-13(19(20)21)10-15(16)22-3)18(2)17(11)12-7-5-4-6-8-12/h4-10H,1-3H3. The van der Waals surface area contributed by atoms with E-state index in [1.54, 1.807) is 6.07 Å². The summed E-state index contributed by atoms with van der Waals surface area (Å²) in [4.78, 5) is 10.7. The third-order valence-corrected chi connectivity index (χ3v) is 3.97. The number of nitro groups is 1. The van der Waals surface area contributed by atoms with Gasteiger partial charge in [-0.3, -0.25) is 10.1 Å². The monoisotopic (exact) mass is 296 g/mol. The van der Waals surface area contributed by atoms with Gasteiger partial charge in [-0.25, -0.2) is 0 Å². The van der Waals surface area contributed by atoms with Crippen LogP contribution >= 0.6 is 0 Å². The summed E-state index contributed by atoms with van der Waals surface area (Å²) in [5, 5.41) is 12.0. The van der Waals surface area contributed by atoms with Crippen LogP contribution in [0.4, 0.5) is 5.69 Å². The van der Waals surface area contributed by atoms with Crippen LogP contribution in [0.5, 0.6) is 5.75 Å². The number of hydrogen-bond donors (Lipinski definition) is 0. The van der Waals surface area contributed by atoms with Gasteiger partial charge >= 0.3 is 0 Å². The first kappa shape index (κ1) is 14.1. The number of fused-ring (bicyclic) bond motifs is 1. The Morgan fingerprint density at radius 1 is 1.18 bits per heavy atom. The van der Waals surface area contributed by atoms with Crippen molar-refractivity contribution in [1.29, 1.82) is 0 Å². The summed E-state index contributed by atoms with van der Waals surface area (Å²) in [6, 6.07) is 13.1. The molecule has 2 aromatic carbocycles. The Morgan fingerprint density at radius 2 is 1.86 bits per heavy atom. The molecule has 1 aromatic heterocycles. The van der Waals surface area contributed by atoms with Crippen LogP contribution in [0.15, 0.2) is 42.5 Å². The molecule has 5 heteroatoms. The van der Waals surface area contributed by atoms with Gasteiger partial charge in [0, 0.05) is 18.5 Å². The molecule has 112 valence electrons. The van der Waals surface area contributed by atoms with Crippen molar-refractivity contribution in [3.63, 3.8) is 0 Å². The van der Waals surface area contributed by atoms with E-state index in [0.717, 1.165) is 27.7 Å². The Labute approximate surface area is 127 Å². The Morgan fingerprint density at radius 3 is 2.45 bits per heavy atom. The average Bonchev–Trinajstić information content (AvgIpc) is 2.78. The fourth-order valence-electron chi connectivity index (χ4n) is 2.99. The summed E-state index contributed by atoms with van der Waals surface area (Å²) in [6.07, 6.45) is 0. The molecule has 0 amide bonds. The van der Waals surface area contributed by atoms with Crippen molar-refractivity contribution in [2.24, 2.45) is 7.05 Å².